The molecule has 0 unspecified atom stereocenters. The Bertz CT molecular complexity index is 2190. The van der Waals surface area contributed by atoms with Gasteiger partial charge in [0.05, 0.1) is 18.7 Å². The summed E-state index contributed by atoms with van der Waals surface area (Å²) in [5.41, 5.74) is 3.17. The summed E-state index contributed by atoms with van der Waals surface area (Å²) < 4.78 is 70.7. The molecule has 4 aromatic carbocycles. The molecule has 0 saturated heterocycles. The van der Waals surface area contributed by atoms with Crippen LogP contribution in [0.1, 0.15) is 69.2 Å². The number of ketones is 2. The van der Waals surface area contributed by atoms with Gasteiger partial charge in [-0.15, -0.1) is 0 Å². The number of nitrogens with zero attached hydrogens (tertiary/aromatic N) is 5. The van der Waals surface area contributed by atoms with E-state index in [0.29, 0.717) is 37.1 Å². The molecule has 0 amide bonds. The first-order valence-electron chi connectivity index (χ1n) is 16.5. The number of ether oxygens (including phenoxy) is 2. The molecule has 4 aromatic rings. The zero-order chi connectivity index (χ0) is 44.6. The Hall–Kier alpha value is -6.28. The third-order valence-electron chi connectivity index (χ3n) is 6.94. The number of aryl methyl sites for hydroxylation is 2. The monoisotopic (exact) mass is 956 g/mol. The van der Waals surface area contributed by atoms with E-state index in [1.54, 1.807) is 30.3 Å². The van der Waals surface area contributed by atoms with Crippen LogP contribution in [-0.4, -0.2) is 31.3 Å². The molecule has 0 atom stereocenters. The SMILES string of the molecule is C#N.CC#N.N#CCCCc1cc(C(=O)C(=O)c2ccc(OC(F)F)cc2)ccc1F.[C-]#[N+]CCCc1cc(C#Cc2ccc(OC(F)F)cc2)ccc1[N+]#[C-].[CH3-].[Cl][Pd][Cl]. The summed E-state index contributed by atoms with van der Waals surface area (Å²) in [7, 11) is 9.63. The maximum atomic E-state index is 13.8. The summed E-state index contributed by atoms with van der Waals surface area (Å²) in [4.78, 5) is 31.4. The summed E-state index contributed by atoms with van der Waals surface area (Å²) in [5.74, 6) is 3.71. The fourth-order valence-corrected chi connectivity index (χ4v) is 4.50. The molecule has 60 heavy (non-hydrogen) atoms. The topological polar surface area (TPSA) is 133 Å². The van der Waals surface area contributed by atoms with Crippen LogP contribution in [0.4, 0.5) is 27.6 Å². The van der Waals surface area contributed by atoms with Crippen LogP contribution in [0.2, 0.25) is 0 Å². The van der Waals surface area contributed by atoms with E-state index in [2.05, 4.69) is 37.6 Å². The average Bonchev–Trinajstić information content (AvgIpc) is 3.22. The van der Waals surface area contributed by atoms with Gasteiger partial charge in [0.25, 0.3) is 0 Å². The molecule has 0 heterocycles. The molecule has 0 aromatic heterocycles. The van der Waals surface area contributed by atoms with Crippen LogP contribution in [0.5, 0.6) is 11.5 Å². The molecule has 0 aliphatic rings. The van der Waals surface area contributed by atoms with Gasteiger partial charge < -0.3 is 21.7 Å². The van der Waals surface area contributed by atoms with Gasteiger partial charge in [0.1, 0.15) is 17.3 Å². The second kappa shape index (κ2) is 33.7. The molecule has 0 spiro atoms. The van der Waals surface area contributed by atoms with Gasteiger partial charge in [-0.1, -0.05) is 30.0 Å². The van der Waals surface area contributed by atoms with E-state index in [4.69, 9.17) is 48.0 Å². The van der Waals surface area contributed by atoms with E-state index in [-0.39, 0.29) is 64.4 Å². The molecule has 0 saturated carbocycles. The van der Waals surface area contributed by atoms with Crippen molar-refractivity contribution >= 4 is 36.3 Å². The summed E-state index contributed by atoms with van der Waals surface area (Å²) in [6.07, 6.45) is 2.33. The molecule has 0 aliphatic carbocycles. The number of hydrogen-bond acceptors (Lipinski definition) is 7. The Balaban J connectivity index is 0. The minimum atomic E-state index is -2.99. The normalized spacial score (nSPS) is 9.07. The molecule has 0 fully saturated rings. The zero-order valence-electron chi connectivity index (χ0n) is 31.9. The molecular formula is C43H35Cl2F5N5O4Pd-. The number of halogens is 7. The van der Waals surface area contributed by atoms with Crippen LogP contribution in [0, 0.1) is 72.7 Å². The molecule has 9 nitrogen and oxygen atoms in total. The number of carbonyl (C=O) groups is 2. The van der Waals surface area contributed by atoms with Crippen LogP contribution < -0.4 is 9.47 Å². The molecule has 0 aliphatic heterocycles. The van der Waals surface area contributed by atoms with E-state index in [9.17, 15) is 31.5 Å². The second-order valence-electron chi connectivity index (χ2n) is 10.7. The molecule has 4 rings (SSSR count). The van der Waals surface area contributed by atoms with Crippen molar-refractivity contribution in [2.75, 3.05) is 6.54 Å². The summed E-state index contributed by atoms with van der Waals surface area (Å²) in [5, 5.41) is 22.3. The van der Waals surface area contributed by atoms with E-state index >= 15 is 0 Å². The predicted molar refractivity (Wildman–Crippen MR) is 214 cm³/mol. The predicted octanol–water partition coefficient (Wildman–Crippen LogP) is 11.9. The fraction of sp³-hybridized carbons (Fsp3) is 0.209. The third-order valence-corrected chi connectivity index (χ3v) is 6.94. The van der Waals surface area contributed by atoms with Gasteiger partial charge in [0.2, 0.25) is 18.1 Å². The van der Waals surface area contributed by atoms with Crippen molar-refractivity contribution < 1.29 is 57.0 Å². The number of alkyl halides is 4. The van der Waals surface area contributed by atoms with E-state index in [0.717, 1.165) is 29.3 Å². The van der Waals surface area contributed by atoms with Crippen molar-refractivity contribution in [1.29, 1.82) is 15.8 Å². The number of unbranched alkanes of at least 4 members (excludes halogenated alkanes) is 1. The van der Waals surface area contributed by atoms with Crippen molar-refractivity contribution in [3.05, 3.63) is 154 Å². The summed E-state index contributed by atoms with van der Waals surface area (Å²) in [6.45, 7) is 13.5. The van der Waals surface area contributed by atoms with E-state index in [1.807, 2.05) is 12.1 Å². The summed E-state index contributed by atoms with van der Waals surface area (Å²) >= 11 is -0.106. The number of Topliss-reactive ketones (excluding diaryl/α,β-unsaturated/α-hetero) is 2. The fourth-order valence-electron chi connectivity index (χ4n) is 4.50. The quantitative estimate of drug-likeness (QED) is 0.0248. The molecule has 316 valence electrons. The van der Waals surface area contributed by atoms with Crippen molar-refractivity contribution in [2.24, 2.45) is 0 Å². The van der Waals surface area contributed by atoms with Gasteiger partial charge in [-0.05, 0) is 97.1 Å². The van der Waals surface area contributed by atoms with Gasteiger partial charge >= 0.3 is 48.2 Å². The van der Waals surface area contributed by atoms with Gasteiger partial charge in [-0.2, -0.15) is 28.1 Å². The van der Waals surface area contributed by atoms with Crippen molar-refractivity contribution in [3.63, 3.8) is 0 Å². The van der Waals surface area contributed by atoms with Crippen LogP contribution in [0.25, 0.3) is 9.69 Å². The van der Waals surface area contributed by atoms with Crippen LogP contribution >= 0.6 is 19.1 Å². The van der Waals surface area contributed by atoms with Gasteiger partial charge in [0, 0.05) is 48.6 Å². The van der Waals surface area contributed by atoms with Gasteiger partial charge in [-0.25, -0.2) is 21.1 Å². The Morgan fingerprint density at radius 3 is 1.73 bits per heavy atom. The molecular weight excluding hydrogens is 923 g/mol. The third kappa shape index (κ3) is 22.6. The van der Waals surface area contributed by atoms with Crippen LogP contribution in [0.3, 0.4) is 0 Å². The van der Waals surface area contributed by atoms with E-state index in [1.165, 1.54) is 43.3 Å². The Labute approximate surface area is 362 Å². The second-order valence-corrected chi connectivity index (χ2v) is 13.1. The minimum absolute atomic E-state index is 0. The average molecular weight is 958 g/mol. The van der Waals surface area contributed by atoms with E-state index < -0.39 is 30.6 Å². The first kappa shape index (κ1) is 55.8. The number of hydrogen-bond donors (Lipinski definition) is 0. The Morgan fingerprint density at radius 1 is 0.767 bits per heavy atom. The van der Waals surface area contributed by atoms with Crippen molar-refractivity contribution in [1.82, 2.24) is 0 Å². The zero-order valence-corrected chi connectivity index (χ0v) is 35.0. The van der Waals surface area contributed by atoms with Crippen molar-refractivity contribution in [2.45, 2.75) is 52.3 Å². The molecule has 0 bridgehead atoms. The Kier molecular flexibility index (Phi) is 31.3. The molecule has 17 heteroatoms. The maximum absolute atomic E-state index is 13.8. The first-order chi connectivity index (χ1) is 28.4. The number of benzene rings is 4. The standard InChI is InChI=1S/C20H14F2N2O.C19H14F3NO3.C2H3N.CHN.CH3.2ClH.Pd/c1-23-13-3-4-17-14-16(9-12-19(17)24-2)6-5-15-7-10-18(11-8-15)25-20(21)22;20-16-9-6-14(11-13(16)3-1-2-10-23)18(25)17(24)12-4-7-15(8-5-12)26-19(21)22;1-2-3;1-2;;;;/h7-12,14,20H,3-4,13H2;4-9,11,19H,1-3H2;1H3;1H;1H3;2*1H;/q;;;;-1;;;+2/p-2. The first-order valence-corrected chi connectivity index (χ1v) is 20.5. The van der Waals surface area contributed by atoms with Gasteiger partial charge in [0.15, 0.2) is 5.69 Å². The molecule has 0 N–H and O–H groups in total. The molecule has 0 radical (unpaired) electrons. The summed E-state index contributed by atoms with van der Waals surface area (Å²) in [6, 6.07) is 23.5. The number of nitriles is 3. The van der Waals surface area contributed by atoms with Crippen LogP contribution in [0.15, 0.2) is 84.9 Å². The van der Waals surface area contributed by atoms with Gasteiger partial charge in [-0.3, -0.25) is 9.59 Å². The number of carbonyl (C=O) groups excluding carboxylic acids is 2. The Morgan fingerprint density at radius 2 is 1.23 bits per heavy atom. The number of rotatable bonds is 13. The van der Waals surface area contributed by atoms with Crippen LogP contribution in [-0.2, 0) is 28.8 Å². The van der Waals surface area contributed by atoms with Crippen molar-refractivity contribution in [3.8, 4) is 42.1 Å².